The molecule has 0 amide bonds. The average Bonchev–Trinajstić information content (AvgIpc) is 2.91. The monoisotopic (exact) mass is 678 g/mol. The Kier molecular flexibility index (Phi) is 14.5. The van der Waals surface area contributed by atoms with Crippen molar-refractivity contribution in [2.45, 2.75) is 117 Å². The second-order valence-corrected chi connectivity index (χ2v) is 10.3. The molecule has 2 fully saturated rings. The lowest BCUT2D eigenvalue weighted by Crippen LogP contribution is -2.67. The predicted octanol–water partition coefficient (Wildman–Crippen LogP) is -0.831. The Hall–Kier alpha value is -4.36. The minimum Gasteiger partial charge on any atom is -0.463 e. The Morgan fingerprint density at radius 1 is 0.383 bits per heavy atom. The fourth-order valence-electron chi connectivity index (χ4n) is 4.73. The van der Waals surface area contributed by atoms with Gasteiger partial charge in [0.25, 0.3) is 0 Å². The largest absolute Gasteiger partial charge is 0.463 e. The van der Waals surface area contributed by atoms with E-state index in [-0.39, 0.29) is 0 Å². The topological polar surface area (TPSA) is 238 Å². The zero-order chi connectivity index (χ0) is 35.6. The summed E-state index contributed by atoms with van der Waals surface area (Å²) in [5.41, 5.74) is 0. The first kappa shape index (κ1) is 38.8. The summed E-state index contributed by atoms with van der Waals surface area (Å²) in [5, 5.41) is 0. The number of esters is 8. The van der Waals surface area contributed by atoms with Crippen molar-refractivity contribution in [3.63, 3.8) is 0 Å². The minimum atomic E-state index is -1.83. The van der Waals surface area contributed by atoms with Crippen LogP contribution in [0.25, 0.3) is 0 Å². The third-order valence-corrected chi connectivity index (χ3v) is 6.17. The highest BCUT2D eigenvalue weighted by molar-refractivity contribution is 5.70. The maximum Gasteiger partial charge on any atom is 0.305 e. The average molecular weight is 679 g/mol. The highest BCUT2D eigenvalue weighted by atomic mass is 16.8. The molecule has 2 aliphatic heterocycles. The van der Waals surface area contributed by atoms with Gasteiger partial charge in [-0.15, -0.1) is 0 Å². The van der Waals surface area contributed by atoms with E-state index in [0.717, 1.165) is 55.4 Å². The lowest BCUT2D eigenvalue weighted by atomic mass is 9.96. The Labute approximate surface area is 268 Å². The van der Waals surface area contributed by atoms with Gasteiger partial charge in [-0.25, -0.2) is 0 Å². The van der Waals surface area contributed by atoms with Crippen LogP contribution in [0.5, 0.6) is 0 Å². The summed E-state index contributed by atoms with van der Waals surface area (Å²) in [7, 11) is 0. The van der Waals surface area contributed by atoms with E-state index < -0.39 is 122 Å². The zero-order valence-electron chi connectivity index (χ0n) is 26.9. The second-order valence-electron chi connectivity index (χ2n) is 10.3. The van der Waals surface area contributed by atoms with E-state index in [9.17, 15) is 38.4 Å². The van der Waals surface area contributed by atoms with Gasteiger partial charge in [0.05, 0.1) is 0 Å². The van der Waals surface area contributed by atoms with E-state index in [2.05, 4.69) is 0 Å². The zero-order valence-corrected chi connectivity index (χ0v) is 26.9. The van der Waals surface area contributed by atoms with E-state index >= 15 is 0 Å². The van der Waals surface area contributed by atoms with Crippen LogP contribution in [0.2, 0.25) is 0 Å². The van der Waals surface area contributed by atoms with Crippen molar-refractivity contribution < 1.29 is 90.5 Å². The SMILES string of the molecule is CC(=O)OC[C@H]1O[C@@H](O[C@H]2[C@H](OC(C)=O)[C@@H](OC(C)=O)[C@@H](OC(C)=O)O[C@@H]2COC(C)=O)[C@H](OC(C)=O)[C@@H](OC(C)=O)[C@@H]1OC(C)=O. The van der Waals surface area contributed by atoms with Crippen LogP contribution >= 0.6 is 0 Å². The molecule has 264 valence electrons. The van der Waals surface area contributed by atoms with Gasteiger partial charge in [-0.1, -0.05) is 0 Å². The number of hydrogen-bond acceptors (Lipinski definition) is 19. The number of carbonyl (C=O) groups excluding carboxylic acids is 8. The predicted molar refractivity (Wildman–Crippen MR) is 145 cm³/mol. The van der Waals surface area contributed by atoms with Crippen LogP contribution in [0.15, 0.2) is 0 Å². The van der Waals surface area contributed by atoms with Crippen molar-refractivity contribution in [1.82, 2.24) is 0 Å². The fourth-order valence-corrected chi connectivity index (χ4v) is 4.73. The van der Waals surface area contributed by atoms with Gasteiger partial charge in [0.15, 0.2) is 30.7 Å². The van der Waals surface area contributed by atoms with Crippen LogP contribution in [0.3, 0.4) is 0 Å². The van der Waals surface area contributed by atoms with E-state index in [1.54, 1.807) is 0 Å². The minimum absolute atomic E-state index is 0.590. The maximum atomic E-state index is 12.3. The number of rotatable bonds is 12. The van der Waals surface area contributed by atoms with Crippen LogP contribution in [0.4, 0.5) is 0 Å². The molecule has 0 aliphatic carbocycles. The van der Waals surface area contributed by atoms with Crippen LogP contribution in [-0.2, 0) is 90.5 Å². The highest BCUT2D eigenvalue weighted by Gasteiger charge is 2.58. The molecule has 2 aliphatic rings. The van der Waals surface area contributed by atoms with Crippen molar-refractivity contribution in [3.8, 4) is 0 Å². The molecule has 0 unspecified atom stereocenters. The molecule has 0 bridgehead atoms. The summed E-state index contributed by atoms with van der Waals surface area (Å²) in [4.78, 5) is 96.3. The lowest BCUT2D eigenvalue weighted by Gasteiger charge is -2.48. The molecule has 0 aromatic rings. The molecule has 10 atom stereocenters. The number of carbonyl (C=O) groups is 8. The number of hydrogen-bond donors (Lipinski definition) is 0. The Morgan fingerprint density at radius 3 is 1.11 bits per heavy atom. The summed E-state index contributed by atoms with van der Waals surface area (Å²) in [6, 6.07) is 0. The fraction of sp³-hybridized carbons (Fsp3) is 0.714. The highest BCUT2D eigenvalue weighted by Crippen LogP contribution is 2.35. The molecule has 47 heavy (non-hydrogen) atoms. The van der Waals surface area contributed by atoms with E-state index in [1.165, 1.54) is 0 Å². The molecule has 0 radical (unpaired) electrons. The van der Waals surface area contributed by atoms with E-state index in [0.29, 0.717) is 0 Å². The Balaban J connectivity index is 2.73. The molecule has 0 saturated carbocycles. The molecule has 2 saturated heterocycles. The van der Waals surface area contributed by atoms with Crippen molar-refractivity contribution in [2.75, 3.05) is 13.2 Å². The molecule has 2 heterocycles. The first-order chi connectivity index (χ1) is 21.9. The molecule has 0 spiro atoms. The van der Waals surface area contributed by atoms with Crippen molar-refractivity contribution in [1.29, 1.82) is 0 Å². The Bertz CT molecular complexity index is 1200. The molecule has 19 heteroatoms. The molecule has 2 rings (SSSR count). The molecular formula is C28H38O19. The standard InChI is InChI=1S/C28H38O19/c1-11(29)37-9-19-21(39-13(3)31)23(40-14(4)32)26(43-17(7)35)28(46-19)47-22-20(10-38-12(2)30)45-27(44-18(8)36)25(42-16(6)34)24(22)41-15(5)33/h19-28H,9-10H2,1-8H3/t19-,20-,21-,22-,23+,24+,25-,26-,27+,28+/m1/s1. The van der Waals surface area contributed by atoms with E-state index in [4.69, 9.17) is 52.1 Å². The third kappa shape index (κ3) is 12.1. The van der Waals surface area contributed by atoms with Gasteiger partial charge < -0.3 is 52.1 Å². The van der Waals surface area contributed by atoms with Crippen molar-refractivity contribution in [2.24, 2.45) is 0 Å². The summed E-state index contributed by atoms with van der Waals surface area (Å²) < 4.78 is 60.2. The number of ether oxygens (including phenoxy) is 11. The molecule has 0 aromatic carbocycles. The van der Waals surface area contributed by atoms with Gasteiger partial charge >= 0.3 is 47.8 Å². The van der Waals surface area contributed by atoms with E-state index in [1.807, 2.05) is 0 Å². The smallest absolute Gasteiger partial charge is 0.305 e. The van der Waals surface area contributed by atoms with Crippen LogP contribution < -0.4 is 0 Å². The molecular weight excluding hydrogens is 640 g/mol. The maximum absolute atomic E-state index is 12.3. The first-order valence-corrected chi connectivity index (χ1v) is 14.2. The normalized spacial score (nSPS) is 30.0. The van der Waals surface area contributed by atoms with Crippen molar-refractivity contribution in [3.05, 3.63) is 0 Å². The van der Waals surface area contributed by atoms with Crippen LogP contribution in [0, 0.1) is 0 Å². The van der Waals surface area contributed by atoms with Gasteiger partial charge in [0.2, 0.25) is 12.4 Å². The summed E-state index contributed by atoms with van der Waals surface area (Å²) in [5.74, 6) is -7.02. The Morgan fingerprint density at radius 2 is 0.702 bits per heavy atom. The van der Waals surface area contributed by atoms with Crippen LogP contribution in [0.1, 0.15) is 55.4 Å². The first-order valence-electron chi connectivity index (χ1n) is 14.2. The molecule has 0 aromatic heterocycles. The molecule has 19 nitrogen and oxygen atoms in total. The summed E-state index contributed by atoms with van der Waals surface area (Å²) in [6.07, 6.45) is -16.3. The second kappa shape index (κ2) is 17.5. The molecule has 0 N–H and O–H groups in total. The van der Waals surface area contributed by atoms with Gasteiger partial charge in [-0.2, -0.15) is 0 Å². The van der Waals surface area contributed by atoms with Gasteiger partial charge in [0.1, 0.15) is 31.5 Å². The van der Waals surface area contributed by atoms with Gasteiger partial charge in [0, 0.05) is 55.4 Å². The van der Waals surface area contributed by atoms with Gasteiger partial charge in [-0.05, 0) is 0 Å². The van der Waals surface area contributed by atoms with Gasteiger partial charge in [-0.3, -0.25) is 38.4 Å². The summed E-state index contributed by atoms with van der Waals surface area (Å²) >= 11 is 0. The van der Waals surface area contributed by atoms with Crippen molar-refractivity contribution >= 4 is 47.8 Å². The summed E-state index contributed by atoms with van der Waals surface area (Å²) in [6.45, 7) is 7.05. The quantitative estimate of drug-likeness (QED) is 0.181. The third-order valence-electron chi connectivity index (χ3n) is 6.17. The lowest BCUT2D eigenvalue weighted by molar-refractivity contribution is -0.357. The van der Waals surface area contributed by atoms with Crippen LogP contribution in [-0.4, -0.2) is 122 Å².